The van der Waals surface area contributed by atoms with Gasteiger partial charge in [0.1, 0.15) is 18.1 Å². The highest BCUT2D eigenvalue weighted by molar-refractivity contribution is 5.78. The average molecular weight is 247 g/mol. The number of carbonyl (C=O) groups excluding carboxylic acids is 1. The zero-order chi connectivity index (χ0) is 12.6. The Morgan fingerprint density at radius 2 is 2.33 bits per heavy atom. The molecule has 96 valence electrons. The molecule has 0 radical (unpaired) electrons. The van der Waals surface area contributed by atoms with E-state index < -0.39 is 0 Å². The van der Waals surface area contributed by atoms with Crippen molar-refractivity contribution in [3.63, 3.8) is 0 Å². The van der Waals surface area contributed by atoms with E-state index in [-0.39, 0.29) is 11.4 Å². The lowest BCUT2D eigenvalue weighted by Crippen LogP contribution is -2.58. The van der Waals surface area contributed by atoms with Gasteiger partial charge in [-0.15, -0.1) is 0 Å². The van der Waals surface area contributed by atoms with Crippen LogP contribution in [-0.4, -0.2) is 25.2 Å². The van der Waals surface area contributed by atoms with E-state index in [1.165, 1.54) is 0 Å². The number of hydrogen-bond acceptors (Lipinski definition) is 3. The van der Waals surface area contributed by atoms with Crippen molar-refractivity contribution in [2.45, 2.75) is 31.2 Å². The van der Waals surface area contributed by atoms with Crippen molar-refractivity contribution >= 4 is 5.91 Å². The molecule has 4 heteroatoms. The van der Waals surface area contributed by atoms with Crippen LogP contribution in [0.4, 0.5) is 0 Å². The number of nitrogens with one attached hydrogen (secondary N) is 1. The summed E-state index contributed by atoms with van der Waals surface area (Å²) < 4.78 is 11.2. The molecule has 1 saturated heterocycles. The third-order valence-electron chi connectivity index (χ3n) is 3.79. The zero-order valence-corrected chi connectivity index (χ0v) is 10.5. The van der Waals surface area contributed by atoms with Crippen molar-refractivity contribution in [1.82, 2.24) is 5.32 Å². The molecule has 1 atom stereocenters. The summed E-state index contributed by atoms with van der Waals surface area (Å²) >= 11 is 0. The van der Waals surface area contributed by atoms with Gasteiger partial charge >= 0.3 is 0 Å². The minimum atomic E-state index is -0.239. The van der Waals surface area contributed by atoms with Gasteiger partial charge in [0.2, 0.25) is 5.91 Å². The van der Waals surface area contributed by atoms with Gasteiger partial charge in [0, 0.05) is 18.4 Å². The summed E-state index contributed by atoms with van der Waals surface area (Å²) in [7, 11) is 1.66. The van der Waals surface area contributed by atoms with Crippen LogP contribution in [0.25, 0.3) is 0 Å². The van der Waals surface area contributed by atoms with Gasteiger partial charge in [-0.3, -0.25) is 4.79 Å². The van der Waals surface area contributed by atoms with Crippen LogP contribution in [0.2, 0.25) is 0 Å². The van der Waals surface area contributed by atoms with Crippen molar-refractivity contribution in [3.05, 3.63) is 23.8 Å². The predicted octanol–water partition coefficient (Wildman–Crippen LogP) is 1.67. The number of amides is 1. The number of hydrogen-bond donors (Lipinski definition) is 1. The molecule has 0 aromatic heterocycles. The molecule has 1 aromatic rings. The van der Waals surface area contributed by atoms with E-state index in [9.17, 15) is 4.79 Å². The fourth-order valence-electron chi connectivity index (χ4n) is 2.90. The van der Waals surface area contributed by atoms with Gasteiger partial charge in [-0.2, -0.15) is 0 Å². The molecular formula is C14H17NO3. The van der Waals surface area contributed by atoms with Crippen LogP contribution in [0.5, 0.6) is 11.5 Å². The monoisotopic (exact) mass is 247 g/mol. The van der Waals surface area contributed by atoms with E-state index in [1.807, 2.05) is 18.2 Å². The van der Waals surface area contributed by atoms with Crippen LogP contribution in [0.15, 0.2) is 18.2 Å². The Bertz CT molecular complexity index is 472. The van der Waals surface area contributed by atoms with Gasteiger partial charge in [0.05, 0.1) is 12.6 Å². The first kappa shape index (κ1) is 11.4. The SMILES string of the molecule is COc1cccc2c1C[C@@]1(CCCC(=O)N1)CO2. The molecule has 0 bridgehead atoms. The van der Waals surface area contributed by atoms with Gasteiger partial charge in [-0.05, 0) is 25.0 Å². The molecule has 4 nitrogen and oxygen atoms in total. The second kappa shape index (κ2) is 4.19. The van der Waals surface area contributed by atoms with Crippen LogP contribution in [0, 0.1) is 0 Å². The number of rotatable bonds is 1. The second-order valence-corrected chi connectivity index (χ2v) is 5.08. The molecule has 1 aromatic carbocycles. The van der Waals surface area contributed by atoms with Crippen LogP contribution in [0.1, 0.15) is 24.8 Å². The molecule has 0 aliphatic carbocycles. The van der Waals surface area contributed by atoms with Gasteiger partial charge in [0.25, 0.3) is 0 Å². The topological polar surface area (TPSA) is 47.6 Å². The first-order chi connectivity index (χ1) is 8.72. The lowest BCUT2D eigenvalue weighted by molar-refractivity contribution is -0.126. The number of piperidine rings is 1. The summed E-state index contributed by atoms with van der Waals surface area (Å²) in [5.41, 5.74) is 0.824. The molecule has 1 N–H and O–H groups in total. The number of benzene rings is 1. The first-order valence-electron chi connectivity index (χ1n) is 6.32. The molecule has 18 heavy (non-hydrogen) atoms. The lowest BCUT2D eigenvalue weighted by Gasteiger charge is -2.41. The van der Waals surface area contributed by atoms with Gasteiger partial charge in [0.15, 0.2) is 0 Å². The number of ether oxygens (including phenoxy) is 2. The van der Waals surface area contributed by atoms with Crippen molar-refractivity contribution in [2.75, 3.05) is 13.7 Å². The zero-order valence-electron chi connectivity index (χ0n) is 10.5. The molecule has 2 heterocycles. The standard InChI is InChI=1S/C14H17NO3/c1-17-11-4-2-5-12-10(11)8-14(9-18-12)7-3-6-13(16)15-14/h2,4-5H,3,6-9H2,1H3,(H,15,16)/t14-/m0/s1. The van der Waals surface area contributed by atoms with E-state index in [2.05, 4.69) is 5.32 Å². The van der Waals surface area contributed by atoms with Crippen molar-refractivity contribution in [3.8, 4) is 11.5 Å². The van der Waals surface area contributed by atoms with Crippen LogP contribution >= 0.6 is 0 Å². The molecule has 1 fully saturated rings. The summed E-state index contributed by atoms with van der Waals surface area (Å²) in [4.78, 5) is 11.6. The summed E-state index contributed by atoms with van der Waals surface area (Å²) in [6.45, 7) is 0.554. The first-order valence-corrected chi connectivity index (χ1v) is 6.32. The molecule has 2 aliphatic rings. The normalized spacial score (nSPS) is 26.2. The summed E-state index contributed by atoms with van der Waals surface area (Å²) in [5, 5.41) is 3.10. The Labute approximate surface area is 106 Å². The average Bonchev–Trinajstić information content (AvgIpc) is 2.38. The van der Waals surface area contributed by atoms with Gasteiger partial charge < -0.3 is 14.8 Å². The van der Waals surface area contributed by atoms with Crippen LogP contribution < -0.4 is 14.8 Å². The van der Waals surface area contributed by atoms with E-state index >= 15 is 0 Å². The Morgan fingerprint density at radius 1 is 1.44 bits per heavy atom. The highest BCUT2D eigenvalue weighted by atomic mass is 16.5. The molecule has 0 saturated carbocycles. The van der Waals surface area contributed by atoms with Crippen molar-refractivity contribution in [2.24, 2.45) is 0 Å². The van der Waals surface area contributed by atoms with Crippen LogP contribution in [-0.2, 0) is 11.2 Å². The fourth-order valence-corrected chi connectivity index (χ4v) is 2.90. The highest BCUT2D eigenvalue weighted by Gasteiger charge is 2.40. The Kier molecular flexibility index (Phi) is 2.65. The molecular weight excluding hydrogens is 230 g/mol. The maximum absolute atomic E-state index is 11.6. The summed E-state index contributed by atoms with van der Waals surface area (Å²) in [6, 6.07) is 5.82. The second-order valence-electron chi connectivity index (χ2n) is 5.08. The maximum Gasteiger partial charge on any atom is 0.220 e. The number of methoxy groups -OCH3 is 1. The molecule has 1 amide bonds. The Hall–Kier alpha value is -1.71. The smallest absolute Gasteiger partial charge is 0.220 e. The minimum absolute atomic E-state index is 0.128. The summed E-state index contributed by atoms with van der Waals surface area (Å²) in [6.07, 6.45) is 3.31. The highest BCUT2D eigenvalue weighted by Crippen LogP contribution is 2.38. The Morgan fingerprint density at radius 3 is 3.11 bits per heavy atom. The van der Waals surface area contributed by atoms with Gasteiger partial charge in [-0.25, -0.2) is 0 Å². The Balaban J connectivity index is 1.94. The van der Waals surface area contributed by atoms with E-state index in [4.69, 9.17) is 9.47 Å². The van der Waals surface area contributed by atoms with Crippen molar-refractivity contribution in [1.29, 1.82) is 0 Å². The maximum atomic E-state index is 11.6. The minimum Gasteiger partial charge on any atom is -0.496 e. The third-order valence-corrected chi connectivity index (χ3v) is 3.79. The molecule has 1 spiro atoms. The number of fused-ring (bicyclic) bond motifs is 1. The quantitative estimate of drug-likeness (QED) is 0.821. The van der Waals surface area contributed by atoms with E-state index in [0.29, 0.717) is 13.0 Å². The molecule has 2 aliphatic heterocycles. The number of carbonyl (C=O) groups is 1. The van der Waals surface area contributed by atoms with Crippen LogP contribution in [0.3, 0.4) is 0 Å². The molecule has 0 unspecified atom stereocenters. The third kappa shape index (κ3) is 1.82. The fraction of sp³-hybridized carbons (Fsp3) is 0.500. The summed E-state index contributed by atoms with van der Waals surface area (Å²) in [5.74, 6) is 1.84. The lowest BCUT2D eigenvalue weighted by atomic mass is 9.81. The predicted molar refractivity (Wildman–Crippen MR) is 66.9 cm³/mol. The largest absolute Gasteiger partial charge is 0.496 e. The molecule has 3 rings (SSSR count). The van der Waals surface area contributed by atoms with Gasteiger partial charge in [-0.1, -0.05) is 6.07 Å². The van der Waals surface area contributed by atoms with E-state index in [1.54, 1.807) is 7.11 Å². The van der Waals surface area contributed by atoms with Crippen molar-refractivity contribution < 1.29 is 14.3 Å². The van der Waals surface area contributed by atoms with E-state index in [0.717, 1.165) is 36.3 Å².